The summed E-state index contributed by atoms with van der Waals surface area (Å²) >= 11 is 0. The molecule has 1 aliphatic rings. The quantitative estimate of drug-likeness (QED) is 0.811. The lowest BCUT2D eigenvalue weighted by Gasteiger charge is -2.22. The highest BCUT2D eigenvalue weighted by Crippen LogP contribution is 2.36. The topological polar surface area (TPSA) is 43.8 Å². The van der Waals surface area contributed by atoms with Gasteiger partial charge in [-0.05, 0) is 49.3 Å². The molecule has 1 aromatic heterocycles. The summed E-state index contributed by atoms with van der Waals surface area (Å²) in [6.07, 6.45) is 2.25. The minimum atomic E-state index is -4.38. The van der Waals surface area contributed by atoms with Crippen LogP contribution in [-0.4, -0.2) is 9.78 Å². The first-order chi connectivity index (χ1) is 11.3. The fourth-order valence-electron chi connectivity index (χ4n) is 3.72. The molecule has 3 rings (SSSR count). The Balaban J connectivity index is 0.00000225. The van der Waals surface area contributed by atoms with Crippen LogP contribution in [-0.2, 0) is 6.18 Å². The molecular formula is C18H23ClF3N3. The average molecular weight is 374 g/mol. The fourth-order valence-corrected chi connectivity index (χ4v) is 3.72. The maximum atomic E-state index is 12.8. The van der Waals surface area contributed by atoms with Crippen LogP contribution in [0.5, 0.6) is 0 Å². The number of hydrogen-bond donors (Lipinski definition) is 1. The molecule has 1 saturated carbocycles. The highest BCUT2D eigenvalue weighted by molar-refractivity contribution is 5.85. The summed E-state index contributed by atoms with van der Waals surface area (Å²) < 4.78 is 39.7. The second-order valence-corrected chi connectivity index (χ2v) is 6.74. The molecule has 2 N–H and O–H groups in total. The molecule has 25 heavy (non-hydrogen) atoms. The monoisotopic (exact) mass is 373 g/mol. The molecule has 0 saturated heterocycles. The zero-order valence-electron chi connectivity index (χ0n) is 14.3. The number of aromatic nitrogens is 2. The largest absolute Gasteiger partial charge is 0.419 e. The molecule has 1 fully saturated rings. The smallest absolute Gasteiger partial charge is 0.324 e. The third kappa shape index (κ3) is 4.01. The Kier molecular flexibility index (Phi) is 5.84. The van der Waals surface area contributed by atoms with Crippen LogP contribution in [0.2, 0.25) is 0 Å². The number of nitrogens with zero attached hydrogens (tertiary/aromatic N) is 2. The number of benzene rings is 1. The van der Waals surface area contributed by atoms with Crippen LogP contribution >= 0.6 is 12.4 Å². The van der Waals surface area contributed by atoms with Gasteiger partial charge in [-0.25, -0.2) is 4.68 Å². The minimum Gasteiger partial charge on any atom is -0.324 e. The SMILES string of the molecule is Cc1cc(C(N)C2CCCC2)cc(C)c1-n1cc(C(F)(F)F)cn1.Cl. The van der Waals surface area contributed by atoms with E-state index < -0.39 is 11.7 Å². The summed E-state index contributed by atoms with van der Waals surface area (Å²) in [5.41, 5.74) is 9.19. The van der Waals surface area contributed by atoms with Crippen LogP contribution in [0.4, 0.5) is 13.2 Å². The molecule has 0 amide bonds. The van der Waals surface area contributed by atoms with Crippen LogP contribution < -0.4 is 5.73 Å². The zero-order chi connectivity index (χ0) is 17.5. The number of halogens is 4. The Morgan fingerprint density at radius 2 is 1.72 bits per heavy atom. The maximum absolute atomic E-state index is 12.8. The van der Waals surface area contributed by atoms with Gasteiger partial charge in [-0.3, -0.25) is 0 Å². The van der Waals surface area contributed by atoms with E-state index in [1.807, 2.05) is 26.0 Å². The number of alkyl halides is 3. The van der Waals surface area contributed by atoms with Gasteiger partial charge in [0.05, 0.1) is 17.4 Å². The number of rotatable bonds is 3. The van der Waals surface area contributed by atoms with E-state index in [1.54, 1.807) is 0 Å². The van der Waals surface area contributed by atoms with Crippen LogP contribution in [0.3, 0.4) is 0 Å². The van der Waals surface area contributed by atoms with E-state index in [-0.39, 0.29) is 18.4 Å². The zero-order valence-corrected chi connectivity index (χ0v) is 15.1. The van der Waals surface area contributed by atoms with Gasteiger partial charge in [0.2, 0.25) is 0 Å². The Morgan fingerprint density at radius 1 is 1.16 bits per heavy atom. The van der Waals surface area contributed by atoms with Crippen molar-refractivity contribution in [2.75, 3.05) is 0 Å². The van der Waals surface area contributed by atoms with E-state index in [0.29, 0.717) is 11.6 Å². The third-order valence-corrected chi connectivity index (χ3v) is 4.95. The van der Waals surface area contributed by atoms with Gasteiger partial charge in [0.25, 0.3) is 0 Å². The standard InChI is InChI=1S/C18H22F3N3.ClH/c1-11-7-14(16(22)13-5-3-4-6-13)8-12(2)17(11)24-10-15(9-23-24)18(19,20)21;/h7-10,13,16H,3-6,22H2,1-2H3;1H. The molecule has 1 atom stereocenters. The average Bonchev–Trinajstić information content (AvgIpc) is 3.16. The molecule has 3 nitrogen and oxygen atoms in total. The van der Waals surface area contributed by atoms with E-state index in [4.69, 9.17) is 5.73 Å². The van der Waals surface area contributed by atoms with Gasteiger partial charge in [-0.15, -0.1) is 12.4 Å². The van der Waals surface area contributed by atoms with Crippen molar-refractivity contribution in [1.29, 1.82) is 0 Å². The van der Waals surface area contributed by atoms with Crippen molar-refractivity contribution in [3.05, 3.63) is 46.8 Å². The van der Waals surface area contributed by atoms with Crippen molar-refractivity contribution < 1.29 is 13.2 Å². The van der Waals surface area contributed by atoms with Crippen molar-refractivity contribution in [2.45, 2.75) is 51.7 Å². The van der Waals surface area contributed by atoms with Crippen molar-refractivity contribution in [2.24, 2.45) is 11.7 Å². The maximum Gasteiger partial charge on any atom is 0.419 e. The highest BCUT2D eigenvalue weighted by atomic mass is 35.5. The lowest BCUT2D eigenvalue weighted by molar-refractivity contribution is -0.137. The van der Waals surface area contributed by atoms with Gasteiger partial charge < -0.3 is 5.73 Å². The van der Waals surface area contributed by atoms with E-state index >= 15 is 0 Å². The number of hydrogen-bond acceptors (Lipinski definition) is 2. The van der Waals surface area contributed by atoms with E-state index in [0.717, 1.165) is 41.9 Å². The molecule has 0 aliphatic heterocycles. The van der Waals surface area contributed by atoms with Crippen LogP contribution in [0.1, 0.15) is 54.0 Å². The normalized spacial score (nSPS) is 16.7. The van der Waals surface area contributed by atoms with Gasteiger partial charge in [0.1, 0.15) is 0 Å². The molecule has 1 aliphatic carbocycles. The van der Waals surface area contributed by atoms with Gasteiger partial charge in [0, 0.05) is 12.2 Å². The molecule has 138 valence electrons. The summed E-state index contributed by atoms with van der Waals surface area (Å²) in [6.45, 7) is 3.78. The predicted octanol–water partition coefficient (Wildman–Crippen LogP) is 5.12. The Bertz CT molecular complexity index is 710. The first-order valence-corrected chi connectivity index (χ1v) is 8.26. The van der Waals surface area contributed by atoms with Crippen molar-refractivity contribution in [3.8, 4) is 5.69 Å². The lowest BCUT2D eigenvalue weighted by Crippen LogP contribution is -2.19. The predicted molar refractivity (Wildman–Crippen MR) is 94.2 cm³/mol. The van der Waals surface area contributed by atoms with Gasteiger partial charge in [0.15, 0.2) is 0 Å². The first kappa shape index (κ1) is 19.8. The summed E-state index contributed by atoms with van der Waals surface area (Å²) in [4.78, 5) is 0. The number of aryl methyl sites for hydroxylation is 2. The molecule has 0 spiro atoms. The van der Waals surface area contributed by atoms with Crippen molar-refractivity contribution in [3.63, 3.8) is 0 Å². The second-order valence-electron chi connectivity index (χ2n) is 6.74. The Labute approximate surface area is 151 Å². The van der Waals surface area contributed by atoms with Gasteiger partial charge in [-0.1, -0.05) is 25.0 Å². The minimum absolute atomic E-state index is 0. The Morgan fingerprint density at radius 3 is 2.20 bits per heavy atom. The highest BCUT2D eigenvalue weighted by Gasteiger charge is 2.32. The molecule has 1 unspecified atom stereocenters. The van der Waals surface area contributed by atoms with E-state index in [2.05, 4.69) is 5.10 Å². The van der Waals surface area contributed by atoms with Crippen LogP contribution in [0, 0.1) is 19.8 Å². The van der Waals surface area contributed by atoms with Gasteiger partial charge >= 0.3 is 6.18 Å². The Hall–Kier alpha value is -1.53. The van der Waals surface area contributed by atoms with Crippen LogP contribution in [0.15, 0.2) is 24.5 Å². The lowest BCUT2D eigenvalue weighted by atomic mass is 9.90. The van der Waals surface area contributed by atoms with Crippen molar-refractivity contribution in [1.82, 2.24) is 9.78 Å². The summed E-state index contributed by atoms with van der Waals surface area (Å²) in [5.74, 6) is 0.496. The molecular weight excluding hydrogens is 351 g/mol. The van der Waals surface area contributed by atoms with Crippen molar-refractivity contribution >= 4 is 12.4 Å². The summed E-state index contributed by atoms with van der Waals surface area (Å²) in [7, 11) is 0. The van der Waals surface area contributed by atoms with E-state index in [9.17, 15) is 13.2 Å². The van der Waals surface area contributed by atoms with E-state index in [1.165, 1.54) is 17.5 Å². The molecule has 1 heterocycles. The summed E-state index contributed by atoms with van der Waals surface area (Å²) in [5, 5.41) is 3.89. The number of nitrogens with two attached hydrogens (primary N) is 1. The first-order valence-electron chi connectivity index (χ1n) is 8.26. The molecule has 2 aromatic rings. The van der Waals surface area contributed by atoms with Crippen LogP contribution in [0.25, 0.3) is 5.69 Å². The molecule has 1 aromatic carbocycles. The fraction of sp³-hybridized carbons (Fsp3) is 0.500. The van der Waals surface area contributed by atoms with Gasteiger partial charge in [-0.2, -0.15) is 18.3 Å². The third-order valence-electron chi connectivity index (χ3n) is 4.95. The molecule has 0 bridgehead atoms. The molecule has 7 heteroatoms. The second kappa shape index (κ2) is 7.38. The molecule has 0 radical (unpaired) electrons. The summed E-state index contributed by atoms with van der Waals surface area (Å²) in [6, 6.07) is 3.96.